The van der Waals surface area contributed by atoms with Gasteiger partial charge in [0.15, 0.2) is 35.2 Å². The van der Waals surface area contributed by atoms with Crippen molar-refractivity contribution in [3.8, 4) is 11.5 Å². The van der Waals surface area contributed by atoms with E-state index in [1.54, 1.807) is 6.07 Å². The number of alkyl halides is 3. The first-order valence-electron chi connectivity index (χ1n) is 10.3. The lowest BCUT2D eigenvalue weighted by atomic mass is 9.81. The van der Waals surface area contributed by atoms with Gasteiger partial charge in [-0.05, 0) is 6.07 Å². The summed E-state index contributed by atoms with van der Waals surface area (Å²) in [5.74, 6) is -2.55. The van der Waals surface area contributed by atoms with Crippen LogP contribution in [0, 0.1) is 4.91 Å². The maximum atomic E-state index is 13.4. The zero-order valence-electron chi connectivity index (χ0n) is 17.5. The highest BCUT2D eigenvalue weighted by atomic mass is 19.4. The number of carbonyl (C=O) groups excluding carboxylic acids is 2. The second-order valence-electron chi connectivity index (χ2n) is 8.08. The first-order chi connectivity index (χ1) is 16.6. The van der Waals surface area contributed by atoms with E-state index in [4.69, 9.17) is 9.47 Å². The van der Waals surface area contributed by atoms with E-state index in [1.165, 1.54) is 36.5 Å². The van der Waals surface area contributed by atoms with Crippen LogP contribution in [0.5, 0.6) is 11.5 Å². The van der Waals surface area contributed by atoms with Crippen LogP contribution in [0.2, 0.25) is 0 Å². The number of nitrogens with zero attached hydrogens (tertiary/aromatic N) is 2. The first-order valence-corrected chi connectivity index (χ1v) is 10.3. The van der Waals surface area contributed by atoms with Crippen molar-refractivity contribution in [1.82, 2.24) is 4.98 Å². The third-order valence-corrected chi connectivity index (χ3v) is 5.99. The number of phenolic OH excluding ortho intramolecular Hbond substituents is 1. The van der Waals surface area contributed by atoms with Gasteiger partial charge in [-0.2, -0.15) is 18.1 Å². The summed E-state index contributed by atoms with van der Waals surface area (Å²) in [4.78, 5) is 41.4. The molecule has 180 valence electrons. The van der Waals surface area contributed by atoms with Gasteiger partial charge < -0.3 is 19.7 Å². The molecule has 1 fully saturated rings. The fourth-order valence-corrected chi connectivity index (χ4v) is 4.43. The molecule has 0 spiro atoms. The van der Waals surface area contributed by atoms with E-state index in [0.717, 1.165) is 0 Å². The third kappa shape index (κ3) is 3.53. The third-order valence-electron chi connectivity index (χ3n) is 5.99. The Morgan fingerprint density at radius 2 is 1.71 bits per heavy atom. The van der Waals surface area contributed by atoms with Crippen LogP contribution >= 0.6 is 0 Å². The summed E-state index contributed by atoms with van der Waals surface area (Å²) in [5.41, 5.74) is -0.454. The molecule has 1 aromatic heterocycles. The van der Waals surface area contributed by atoms with E-state index in [-0.39, 0.29) is 33.2 Å². The SMILES string of the molecule is O=NC1C(O)CC(Oc2c(O)c3c(c4cccnc24)C(=O)c2ccccc2C3=O)OC1C(F)(F)F. The molecule has 0 amide bonds. The summed E-state index contributed by atoms with van der Waals surface area (Å²) in [6, 6.07) is 6.81. The number of aliphatic hydroxyl groups excluding tert-OH is 1. The van der Waals surface area contributed by atoms with E-state index in [0.29, 0.717) is 0 Å². The largest absolute Gasteiger partial charge is 0.504 e. The molecule has 1 aliphatic heterocycles. The highest BCUT2D eigenvalue weighted by Crippen LogP contribution is 2.46. The Hall–Kier alpha value is -3.90. The number of phenols is 1. The van der Waals surface area contributed by atoms with Crippen LogP contribution in [0.4, 0.5) is 13.2 Å². The number of nitroso groups, excluding NO2 is 1. The van der Waals surface area contributed by atoms with Crippen LogP contribution in [0.3, 0.4) is 0 Å². The average Bonchev–Trinajstić information content (AvgIpc) is 2.83. The molecule has 3 aromatic rings. The predicted octanol–water partition coefficient (Wildman–Crippen LogP) is 3.27. The number of hydrogen-bond donors (Lipinski definition) is 2. The number of aliphatic hydroxyl groups is 1. The number of aromatic hydroxyl groups is 1. The van der Waals surface area contributed by atoms with Crippen molar-refractivity contribution in [2.75, 3.05) is 0 Å². The quantitative estimate of drug-likeness (QED) is 0.420. The Bertz CT molecular complexity index is 1390. The van der Waals surface area contributed by atoms with E-state index >= 15 is 0 Å². The van der Waals surface area contributed by atoms with E-state index in [9.17, 15) is 37.9 Å². The summed E-state index contributed by atoms with van der Waals surface area (Å²) in [6.07, 6.45) is -10.7. The zero-order chi connectivity index (χ0) is 25.1. The molecule has 1 aliphatic carbocycles. The Balaban J connectivity index is 1.64. The monoisotopic (exact) mass is 488 g/mol. The van der Waals surface area contributed by atoms with Gasteiger partial charge >= 0.3 is 6.18 Å². The van der Waals surface area contributed by atoms with Crippen molar-refractivity contribution in [2.24, 2.45) is 5.18 Å². The van der Waals surface area contributed by atoms with Crippen molar-refractivity contribution in [1.29, 1.82) is 0 Å². The molecule has 2 aliphatic rings. The van der Waals surface area contributed by atoms with Crippen LogP contribution < -0.4 is 4.74 Å². The first kappa shape index (κ1) is 22.9. The molecule has 4 atom stereocenters. The van der Waals surface area contributed by atoms with E-state index in [1.807, 2.05) is 0 Å². The molecule has 0 saturated carbocycles. The molecule has 2 aromatic carbocycles. The Morgan fingerprint density at radius 1 is 1.06 bits per heavy atom. The van der Waals surface area contributed by atoms with Gasteiger partial charge in [-0.25, -0.2) is 0 Å². The Kier molecular flexibility index (Phi) is 5.29. The molecule has 35 heavy (non-hydrogen) atoms. The number of rotatable bonds is 3. The number of halogens is 3. The van der Waals surface area contributed by atoms with Gasteiger partial charge in [-0.1, -0.05) is 35.5 Å². The van der Waals surface area contributed by atoms with Crippen molar-refractivity contribution in [2.45, 2.75) is 37.1 Å². The number of aromatic nitrogens is 1. The lowest BCUT2D eigenvalue weighted by Crippen LogP contribution is -2.55. The average molecular weight is 488 g/mol. The molecule has 0 bridgehead atoms. The van der Waals surface area contributed by atoms with Gasteiger partial charge in [0.1, 0.15) is 5.52 Å². The van der Waals surface area contributed by atoms with Gasteiger partial charge in [0.05, 0.1) is 11.7 Å². The fourth-order valence-electron chi connectivity index (χ4n) is 4.43. The number of pyridine rings is 1. The molecule has 0 radical (unpaired) electrons. The molecular formula is C23H15F3N2O7. The molecule has 2 N–H and O–H groups in total. The second-order valence-corrected chi connectivity index (χ2v) is 8.08. The topological polar surface area (TPSA) is 135 Å². The van der Waals surface area contributed by atoms with Crippen LogP contribution in [-0.4, -0.2) is 57.5 Å². The summed E-state index contributed by atoms with van der Waals surface area (Å²) >= 11 is 0. The molecule has 2 heterocycles. The van der Waals surface area contributed by atoms with Crippen LogP contribution in [-0.2, 0) is 4.74 Å². The Morgan fingerprint density at radius 3 is 2.34 bits per heavy atom. The molecule has 4 unspecified atom stereocenters. The molecule has 1 saturated heterocycles. The standard InChI is InChI=1S/C23H15F3N2O7/c24-23(25,26)22-17(28-33)12(29)8-13(35-22)34-21-16-11(6-3-7-27-16)14-15(20(21)32)19(31)10-5-2-1-4-9(10)18(14)30/h1-7,12-13,17,22,29,32H,8H2. The van der Waals surface area contributed by atoms with E-state index < -0.39 is 60.2 Å². The van der Waals surface area contributed by atoms with Crippen molar-refractivity contribution < 1.29 is 42.4 Å². The highest BCUT2D eigenvalue weighted by Gasteiger charge is 2.54. The van der Waals surface area contributed by atoms with Crippen molar-refractivity contribution in [3.63, 3.8) is 0 Å². The highest BCUT2D eigenvalue weighted by molar-refractivity contribution is 6.33. The van der Waals surface area contributed by atoms with Gasteiger partial charge in [-0.15, -0.1) is 0 Å². The minimum absolute atomic E-state index is 0.0378. The summed E-state index contributed by atoms with van der Waals surface area (Å²) in [6.45, 7) is 0. The minimum Gasteiger partial charge on any atom is -0.504 e. The maximum absolute atomic E-state index is 13.4. The summed E-state index contributed by atoms with van der Waals surface area (Å²) in [5, 5.41) is 23.6. The molecule has 9 nitrogen and oxygen atoms in total. The summed E-state index contributed by atoms with van der Waals surface area (Å²) < 4.78 is 50.7. The van der Waals surface area contributed by atoms with Crippen LogP contribution in [0.15, 0.2) is 47.8 Å². The number of fused-ring (bicyclic) bond motifs is 4. The lowest BCUT2D eigenvalue weighted by molar-refractivity contribution is -0.289. The Labute approximate surface area is 194 Å². The molecule has 12 heteroatoms. The molecular weight excluding hydrogens is 473 g/mol. The smallest absolute Gasteiger partial charge is 0.417 e. The molecule has 5 rings (SSSR count). The van der Waals surface area contributed by atoms with Gasteiger partial charge in [0, 0.05) is 34.7 Å². The summed E-state index contributed by atoms with van der Waals surface area (Å²) in [7, 11) is 0. The predicted molar refractivity (Wildman–Crippen MR) is 112 cm³/mol. The maximum Gasteiger partial charge on any atom is 0.417 e. The normalized spacial score (nSPS) is 24.1. The van der Waals surface area contributed by atoms with Crippen molar-refractivity contribution >= 4 is 22.5 Å². The lowest BCUT2D eigenvalue weighted by Gasteiger charge is -2.37. The van der Waals surface area contributed by atoms with Crippen molar-refractivity contribution in [3.05, 3.63) is 69.8 Å². The second kappa shape index (κ2) is 8.10. The zero-order valence-corrected chi connectivity index (χ0v) is 17.5. The van der Waals surface area contributed by atoms with Gasteiger partial charge in [-0.3, -0.25) is 14.6 Å². The number of hydrogen-bond acceptors (Lipinski definition) is 9. The van der Waals surface area contributed by atoms with Crippen LogP contribution in [0.1, 0.15) is 38.3 Å². The number of benzene rings is 2. The number of ether oxygens (including phenoxy) is 2. The number of carbonyl (C=O) groups is 2. The van der Waals surface area contributed by atoms with Gasteiger partial charge in [0.2, 0.25) is 6.29 Å². The van der Waals surface area contributed by atoms with Crippen LogP contribution in [0.25, 0.3) is 10.9 Å². The minimum atomic E-state index is -5.05. The van der Waals surface area contributed by atoms with Gasteiger partial charge in [0.25, 0.3) is 0 Å². The van der Waals surface area contributed by atoms with E-state index in [2.05, 4.69) is 10.2 Å². The number of ketones is 2. The fraction of sp³-hybridized carbons (Fsp3) is 0.261.